The van der Waals surface area contributed by atoms with Crippen molar-refractivity contribution in [2.45, 2.75) is 0 Å². The Morgan fingerprint density at radius 2 is 1.52 bits per heavy atom. The number of benzene rings is 2. The van der Waals surface area contributed by atoms with Crippen LogP contribution in [0.4, 0.5) is 0 Å². The molecule has 2 heterocycles. The molecule has 4 rings (SSSR count). The van der Waals surface area contributed by atoms with Gasteiger partial charge in [0.15, 0.2) is 0 Å². The van der Waals surface area contributed by atoms with E-state index in [1.807, 2.05) is 18.2 Å². The average molecular weight is 305 g/mol. The van der Waals surface area contributed by atoms with Gasteiger partial charge in [0.05, 0.1) is 0 Å². The van der Waals surface area contributed by atoms with Gasteiger partial charge in [-0.15, -0.1) is 0 Å². The van der Waals surface area contributed by atoms with Crippen molar-refractivity contribution in [1.29, 1.82) is 0 Å². The van der Waals surface area contributed by atoms with E-state index in [-0.39, 0.29) is 6.54 Å². The fourth-order valence-electron chi connectivity index (χ4n) is 2.25. The summed E-state index contributed by atoms with van der Waals surface area (Å²) < 4.78 is 23.0. The first-order chi connectivity index (χ1) is 10.2. The zero-order chi connectivity index (χ0) is 14.4. The van der Waals surface area contributed by atoms with Gasteiger partial charge in [-0.3, -0.25) is 0 Å². The van der Waals surface area contributed by atoms with Gasteiger partial charge in [-0.25, -0.2) is 0 Å². The average Bonchev–Trinajstić information content (AvgIpc) is 2.97. The Hall–Kier alpha value is -2.30. The van der Waals surface area contributed by atoms with Crippen molar-refractivity contribution in [1.82, 2.24) is 5.09 Å². The summed E-state index contributed by atoms with van der Waals surface area (Å²) in [4.78, 5) is 11.7. The molecule has 108 valence electrons. The summed E-state index contributed by atoms with van der Waals surface area (Å²) in [5.41, 5.74) is 0. The van der Waals surface area contributed by atoms with E-state index in [1.54, 1.807) is 36.4 Å². The third kappa shape index (κ3) is 1.92. The second kappa shape index (κ2) is 4.10. The molecule has 0 saturated carbocycles. The van der Waals surface area contributed by atoms with Crippen LogP contribution in [0.3, 0.4) is 0 Å². The summed E-state index contributed by atoms with van der Waals surface area (Å²) in [5.74, 6) is 0.975. The minimum atomic E-state index is -4.22. The van der Waals surface area contributed by atoms with Gasteiger partial charge in [0.2, 0.25) is 0 Å². The first kappa shape index (κ1) is 12.4. The van der Waals surface area contributed by atoms with Gasteiger partial charge < -0.3 is 0 Å². The fraction of sp³-hybridized carbons (Fsp3) is 0.0714. The predicted molar refractivity (Wildman–Crippen MR) is 75.8 cm³/mol. The van der Waals surface area contributed by atoms with E-state index >= 15 is 0 Å². The van der Waals surface area contributed by atoms with E-state index in [9.17, 15) is 4.79 Å². The number of rotatable bonds is 2. The van der Waals surface area contributed by atoms with Crippen molar-refractivity contribution in [2.75, 3.05) is 6.54 Å². The minimum absolute atomic E-state index is 0.0291. The number of carbonyl (C=O) groups is 1. The summed E-state index contributed by atoms with van der Waals surface area (Å²) in [6.45, 7) is -0.0291. The number of carbonyl (C=O) groups excluding carboxylic acids is 1. The van der Waals surface area contributed by atoms with E-state index in [0.717, 1.165) is 0 Å². The SMILES string of the molecule is O=C1CNP2(Oc3ccccc3)(O1)Oc1ccccc1O2. The van der Waals surface area contributed by atoms with Gasteiger partial charge in [-0.2, -0.15) is 0 Å². The molecule has 7 heteroatoms. The Balaban J connectivity index is 1.78. The van der Waals surface area contributed by atoms with Crippen LogP contribution in [-0.2, 0) is 9.32 Å². The Kier molecular flexibility index (Phi) is 2.43. The zero-order valence-corrected chi connectivity index (χ0v) is 11.8. The van der Waals surface area contributed by atoms with E-state index in [4.69, 9.17) is 18.1 Å². The molecule has 0 atom stereocenters. The van der Waals surface area contributed by atoms with Crippen LogP contribution in [-0.4, -0.2) is 12.5 Å². The molecule has 2 aliphatic rings. The topological polar surface area (TPSA) is 66.0 Å². The van der Waals surface area contributed by atoms with Gasteiger partial charge >= 0.3 is 120 Å². The van der Waals surface area contributed by atoms with Crippen molar-refractivity contribution >= 4 is 13.6 Å². The van der Waals surface area contributed by atoms with Crippen molar-refractivity contribution in [3.63, 3.8) is 0 Å². The molecule has 6 nitrogen and oxygen atoms in total. The molecule has 0 aliphatic carbocycles. The number of para-hydroxylation sites is 3. The van der Waals surface area contributed by atoms with Crippen LogP contribution in [0, 0.1) is 0 Å². The van der Waals surface area contributed by atoms with Gasteiger partial charge in [0, 0.05) is 0 Å². The molecular weight excluding hydrogens is 293 g/mol. The monoisotopic (exact) mass is 305 g/mol. The number of nitrogens with one attached hydrogen (secondary N) is 1. The summed E-state index contributed by atoms with van der Waals surface area (Å²) >= 11 is 0. The van der Waals surface area contributed by atoms with E-state index in [2.05, 4.69) is 5.09 Å². The number of hydrogen-bond acceptors (Lipinski definition) is 6. The third-order valence-electron chi connectivity index (χ3n) is 3.11. The molecule has 2 aromatic rings. The standard InChI is InChI=1S/C14H12NO5P/c16-14-10-15-21(20-14,17-11-6-2-1-3-7-11)18-12-8-4-5-9-13(12)19-21/h1-9,15H,10H2. The first-order valence-corrected chi connectivity index (χ1v) is 8.33. The van der Waals surface area contributed by atoms with E-state index in [0.29, 0.717) is 17.2 Å². The van der Waals surface area contributed by atoms with Gasteiger partial charge in [0.1, 0.15) is 0 Å². The molecule has 1 spiro atoms. The van der Waals surface area contributed by atoms with Crippen molar-refractivity contribution in [2.24, 2.45) is 0 Å². The van der Waals surface area contributed by atoms with Crippen LogP contribution >= 0.6 is 7.66 Å². The molecule has 0 radical (unpaired) electrons. The van der Waals surface area contributed by atoms with Crippen LogP contribution in [0.5, 0.6) is 17.2 Å². The predicted octanol–water partition coefficient (Wildman–Crippen LogP) is 2.81. The van der Waals surface area contributed by atoms with Crippen molar-refractivity contribution in [3.05, 3.63) is 54.6 Å². The quantitative estimate of drug-likeness (QED) is 0.861. The summed E-state index contributed by atoms with van der Waals surface area (Å²) in [6, 6.07) is 16.0. The normalized spacial score (nSPS) is 22.3. The molecule has 0 aromatic heterocycles. The van der Waals surface area contributed by atoms with Gasteiger partial charge in [0.25, 0.3) is 0 Å². The van der Waals surface area contributed by atoms with E-state index < -0.39 is 13.6 Å². The molecule has 1 fully saturated rings. The number of hydrogen-bond donors (Lipinski definition) is 1. The van der Waals surface area contributed by atoms with E-state index in [1.165, 1.54) is 0 Å². The first-order valence-electron chi connectivity index (χ1n) is 6.42. The molecule has 1 N–H and O–H groups in total. The molecule has 0 amide bonds. The Morgan fingerprint density at radius 1 is 0.905 bits per heavy atom. The molecule has 21 heavy (non-hydrogen) atoms. The molecular formula is C14H12NO5P. The maximum atomic E-state index is 11.7. The molecule has 0 bridgehead atoms. The Bertz CT molecular complexity index is 695. The van der Waals surface area contributed by atoms with Crippen LogP contribution < -0.4 is 18.7 Å². The van der Waals surface area contributed by atoms with Crippen LogP contribution in [0.2, 0.25) is 0 Å². The molecule has 1 saturated heterocycles. The van der Waals surface area contributed by atoms with Crippen LogP contribution in [0.1, 0.15) is 0 Å². The van der Waals surface area contributed by atoms with Gasteiger partial charge in [-0.05, 0) is 0 Å². The fourth-order valence-corrected chi connectivity index (χ4v) is 5.00. The molecule has 0 unspecified atom stereocenters. The summed E-state index contributed by atoms with van der Waals surface area (Å²) in [6.07, 6.45) is 0. The third-order valence-corrected chi connectivity index (χ3v) is 5.85. The second-order valence-electron chi connectivity index (χ2n) is 4.64. The van der Waals surface area contributed by atoms with Gasteiger partial charge in [-0.1, -0.05) is 0 Å². The van der Waals surface area contributed by atoms with Crippen LogP contribution in [0.15, 0.2) is 54.6 Å². The summed E-state index contributed by atoms with van der Waals surface area (Å²) in [7, 11) is -4.22. The van der Waals surface area contributed by atoms with Crippen molar-refractivity contribution < 1.29 is 22.9 Å². The van der Waals surface area contributed by atoms with Crippen LogP contribution in [0.25, 0.3) is 0 Å². The Morgan fingerprint density at radius 3 is 2.10 bits per heavy atom. The van der Waals surface area contributed by atoms with Crippen molar-refractivity contribution in [3.8, 4) is 17.2 Å². The maximum absolute atomic E-state index is 11.7. The zero-order valence-electron chi connectivity index (χ0n) is 10.9. The molecule has 2 aromatic carbocycles. The second-order valence-corrected chi connectivity index (χ2v) is 7.32. The number of fused-ring (bicyclic) bond motifs is 1. The molecule has 2 aliphatic heterocycles. The summed E-state index contributed by atoms with van der Waals surface area (Å²) in [5, 5.41) is 2.88. The Labute approximate surface area is 120 Å².